The molecule has 0 fully saturated rings. The average molecular weight is 202 g/mol. The van der Waals surface area contributed by atoms with Crippen molar-refractivity contribution in [2.75, 3.05) is 0 Å². The highest BCUT2D eigenvalue weighted by Crippen LogP contribution is 2.07. The van der Waals surface area contributed by atoms with Crippen molar-refractivity contribution in [2.45, 2.75) is 11.0 Å². The molecule has 10 heavy (non-hydrogen) atoms. The summed E-state index contributed by atoms with van der Waals surface area (Å²) in [6.07, 6.45) is -0.398. The van der Waals surface area contributed by atoms with E-state index in [1.165, 1.54) is 0 Å². The molecule has 0 amide bonds. The highest BCUT2D eigenvalue weighted by atomic mass is 32.2. The van der Waals surface area contributed by atoms with Crippen molar-refractivity contribution in [3.05, 3.63) is 0 Å². The minimum Gasteiger partial charge on any atom is -0.280 e. The van der Waals surface area contributed by atoms with Gasteiger partial charge in [-0.25, -0.2) is 0 Å². The Labute approximate surface area is 69.6 Å². The molecule has 0 aliphatic heterocycles. The average Bonchev–Trinajstić information content (AvgIpc) is 1.60. The Hall–Kier alpha value is 0.280. The Bertz CT molecular complexity index is 216. The molecule has 0 bridgehead atoms. The van der Waals surface area contributed by atoms with Gasteiger partial charge in [-0.15, -0.1) is 0 Å². The lowest BCUT2D eigenvalue weighted by atomic mass is 10.5. The SMILES string of the molecule is O=C(CC(S)S)S(=O)(=O)O. The van der Waals surface area contributed by atoms with Gasteiger partial charge in [-0.3, -0.25) is 9.35 Å². The van der Waals surface area contributed by atoms with Crippen LogP contribution in [0, 0.1) is 0 Å². The van der Waals surface area contributed by atoms with Gasteiger partial charge in [0.15, 0.2) is 0 Å². The minimum absolute atomic E-state index is 0.398. The van der Waals surface area contributed by atoms with Crippen LogP contribution in [0.1, 0.15) is 6.42 Å². The van der Waals surface area contributed by atoms with Crippen molar-refractivity contribution < 1.29 is 17.8 Å². The first-order valence-electron chi connectivity index (χ1n) is 2.20. The second-order valence-electron chi connectivity index (χ2n) is 1.53. The van der Waals surface area contributed by atoms with E-state index in [9.17, 15) is 13.2 Å². The summed E-state index contributed by atoms with van der Waals surface area (Å²) in [5, 5.41) is -1.26. The second-order valence-corrected chi connectivity index (χ2v) is 4.59. The molecule has 0 saturated heterocycles. The zero-order chi connectivity index (χ0) is 8.36. The van der Waals surface area contributed by atoms with Crippen molar-refractivity contribution in [3.63, 3.8) is 0 Å². The molecule has 4 nitrogen and oxygen atoms in total. The molecule has 1 N–H and O–H groups in total. The normalized spacial score (nSPS) is 12.0. The van der Waals surface area contributed by atoms with Gasteiger partial charge in [0.1, 0.15) is 0 Å². The number of hydrogen-bond donors (Lipinski definition) is 3. The molecule has 7 heteroatoms. The second kappa shape index (κ2) is 3.61. The molecule has 60 valence electrons. The fourth-order valence-corrected chi connectivity index (χ4v) is 1.21. The van der Waals surface area contributed by atoms with Crippen LogP contribution in [0.15, 0.2) is 0 Å². The molecule has 0 aromatic carbocycles. The molecule has 0 aliphatic rings. The lowest BCUT2D eigenvalue weighted by molar-refractivity contribution is -0.112. The zero-order valence-corrected chi connectivity index (χ0v) is 7.36. The third kappa shape index (κ3) is 4.15. The summed E-state index contributed by atoms with van der Waals surface area (Å²) in [6.45, 7) is 0. The van der Waals surface area contributed by atoms with Gasteiger partial charge >= 0.3 is 10.1 Å². The monoisotopic (exact) mass is 202 g/mol. The van der Waals surface area contributed by atoms with E-state index in [1.807, 2.05) is 0 Å². The summed E-state index contributed by atoms with van der Waals surface area (Å²) in [5.74, 6) is 0. The maximum Gasteiger partial charge on any atom is 0.328 e. The first kappa shape index (κ1) is 10.3. The summed E-state index contributed by atoms with van der Waals surface area (Å²) >= 11 is 7.27. The number of thiol groups is 2. The molecule has 0 rings (SSSR count). The van der Waals surface area contributed by atoms with Gasteiger partial charge in [0.2, 0.25) is 0 Å². The maximum atomic E-state index is 10.3. The lowest BCUT2D eigenvalue weighted by Crippen LogP contribution is -2.15. The van der Waals surface area contributed by atoms with Crippen LogP contribution in [-0.4, -0.2) is 22.7 Å². The van der Waals surface area contributed by atoms with Crippen LogP contribution in [0.3, 0.4) is 0 Å². The molecule has 0 aromatic heterocycles. The molecular formula is C3H6O4S3. The Morgan fingerprint density at radius 3 is 2.00 bits per heavy atom. The van der Waals surface area contributed by atoms with Gasteiger partial charge in [-0.05, 0) is 0 Å². The topological polar surface area (TPSA) is 71.4 Å². The van der Waals surface area contributed by atoms with Crippen molar-refractivity contribution in [1.82, 2.24) is 0 Å². The van der Waals surface area contributed by atoms with E-state index in [0.29, 0.717) is 0 Å². The predicted octanol–water partition coefficient (Wildman–Crippen LogP) is -0.0234. The van der Waals surface area contributed by atoms with Gasteiger partial charge in [0, 0.05) is 6.42 Å². The molecule has 0 aromatic rings. The van der Waals surface area contributed by atoms with E-state index in [2.05, 4.69) is 25.3 Å². The molecular weight excluding hydrogens is 196 g/mol. The van der Waals surface area contributed by atoms with Crippen molar-refractivity contribution in [1.29, 1.82) is 0 Å². The fourth-order valence-electron chi connectivity index (χ4n) is 0.254. The van der Waals surface area contributed by atoms with E-state index >= 15 is 0 Å². The first-order chi connectivity index (χ1) is 4.34. The molecule has 0 saturated carbocycles. The highest BCUT2D eigenvalue weighted by Gasteiger charge is 2.19. The number of carbonyl (C=O) groups excluding carboxylic acids is 1. The van der Waals surface area contributed by atoms with E-state index in [1.54, 1.807) is 0 Å². The van der Waals surface area contributed by atoms with Crippen LogP contribution < -0.4 is 0 Å². The molecule has 0 radical (unpaired) electrons. The molecule has 0 aliphatic carbocycles. The smallest absolute Gasteiger partial charge is 0.280 e. The van der Waals surface area contributed by atoms with Crippen molar-refractivity contribution in [2.24, 2.45) is 0 Å². The summed E-state index contributed by atoms with van der Waals surface area (Å²) in [4.78, 5) is 10.3. The molecule has 0 heterocycles. The number of carbonyl (C=O) groups is 1. The zero-order valence-electron chi connectivity index (χ0n) is 4.76. The largest absolute Gasteiger partial charge is 0.328 e. The van der Waals surface area contributed by atoms with Gasteiger partial charge in [0.25, 0.3) is 5.12 Å². The van der Waals surface area contributed by atoms with E-state index in [4.69, 9.17) is 4.55 Å². The molecule has 0 unspecified atom stereocenters. The summed E-state index contributed by atoms with van der Waals surface area (Å²) < 4.78 is 27.4. The first-order valence-corrected chi connectivity index (χ1v) is 4.68. The van der Waals surface area contributed by atoms with Crippen LogP contribution in [0.4, 0.5) is 0 Å². The van der Waals surface area contributed by atoms with E-state index < -0.39 is 26.2 Å². The van der Waals surface area contributed by atoms with Crippen molar-refractivity contribution >= 4 is 40.5 Å². The van der Waals surface area contributed by atoms with E-state index in [0.717, 1.165) is 0 Å². The quantitative estimate of drug-likeness (QED) is 0.334. The van der Waals surface area contributed by atoms with Gasteiger partial charge < -0.3 is 0 Å². The van der Waals surface area contributed by atoms with Crippen LogP contribution >= 0.6 is 25.3 Å². The fraction of sp³-hybridized carbons (Fsp3) is 0.667. The van der Waals surface area contributed by atoms with Crippen LogP contribution in [-0.2, 0) is 14.9 Å². The summed E-state index contributed by atoms with van der Waals surface area (Å²) in [5.41, 5.74) is 0. The van der Waals surface area contributed by atoms with E-state index in [-0.39, 0.29) is 0 Å². The van der Waals surface area contributed by atoms with Gasteiger partial charge in [-0.1, -0.05) is 0 Å². The van der Waals surface area contributed by atoms with Gasteiger partial charge in [-0.2, -0.15) is 33.7 Å². The predicted molar refractivity (Wildman–Crippen MR) is 42.9 cm³/mol. The standard InChI is InChI=1S/C3H6O4S3/c4-2(1-3(8)9)10(5,6)7/h3,8-9H,1H2,(H,5,6,7). The maximum absolute atomic E-state index is 10.3. The lowest BCUT2D eigenvalue weighted by Gasteiger charge is -1.97. The minimum atomic E-state index is -4.53. The Kier molecular flexibility index (Phi) is 3.71. The van der Waals surface area contributed by atoms with Crippen LogP contribution in [0.2, 0.25) is 0 Å². The Morgan fingerprint density at radius 1 is 1.50 bits per heavy atom. The molecule has 0 spiro atoms. The van der Waals surface area contributed by atoms with Crippen LogP contribution in [0.5, 0.6) is 0 Å². The summed E-state index contributed by atoms with van der Waals surface area (Å²) in [7, 11) is -4.53. The third-order valence-electron chi connectivity index (χ3n) is 0.637. The Morgan fingerprint density at radius 2 is 1.90 bits per heavy atom. The molecule has 0 atom stereocenters. The van der Waals surface area contributed by atoms with Crippen molar-refractivity contribution in [3.8, 4) is 0 Å². The third-order valence-corrected chi connectivity index (χ3v) is 1.74. The van der Waals surface area contributed by atoms with Gasteiger partial charge in [0.05, 0.1) is 4.58 Å². The number of hydrogen-bond acceptors (Lipinski definition) is 5. The summed E-state index contributed by atoms with van der Waals surface area (Å²) in [6, 6.07) is 0. The Balaban J connectivity index is 4.14. The number of rotatable bonds is 2. The van der Waals surface area contributed by atoms with Crippen LogP contribution in [0.25, 0.3) is 0 Å². The highest BCUT2D eigenvalue weighted by molar-refractivity contribution is 8.02.